The van der Waals surface area contributed by atoms with Gasteiger partial charge < -0.3 is 14.0 Å². The number of hydrogen-bond acceptors (Lipinski definition) is 6. The van der Waals surface area contributed by atoms with Crippen molar-refractivity contribution in [2.24, 2.45) is 4.99 Å². The fourth-order valence-corrected chi connectivity index (χ4v) is 6.37. The second-order valence-corrected chi connectivity index (χ2v) is 10.8. The van der Waals surface area contributed by atoms with E-state index in [1.165, 1.54) is 16.9 Å². The summed E-state index contributed by atoms with van der Waals surface area (Å²) in [6.07, 6.45) is 4.02. The second-order valence-electron chi connectivity index (χ2n) is 9.79. The number of hydrogen-bond donors (Lipinski definition) is 0. The smallest absolute Gasteiger partial charge is 0.338 e. The molecule has 2 aromatic heterocycles. The SMILES string of the molecule is CCOC(=O)C1=C(C)N=c2s/c(=C/c3cn(Cc4ccccc4)c4ccccc34)c(=O)n2C1c1ccc(OC)cc1. The quantitative estimate of drug-likeness (QED) is 0.267. The van der Waals surface area contributed by atoms with Gasteiger partial charge in [-0.25, -0.2) is 9.79 Å². The molecule has 3 heterocycles. The molecular formula is C33H29N3O4S. The van der Waals surface area contributed by atoms with Crippen molar-refractivity contribution in [2.45, 2.75) is 26.4 Å². The Kier molecular flexibility index (Phi) is 7.15. The molecular weight excluding hydrogens is 534 g/mol. The first kappa shape index (κ1) is 26.5. The Bertz CT molecular complexity index is 1960. The molecule has 0 aliphatic carbocycles. The third kappa shape index (κ3) is 4.91. The molecule has 0 N–H and O–H groups in total. The van der Waals surface area contributed by atoms with Crippen molar-refractivity contribution < 1.29 is 14.3 Å². The molecule has 1 aliphatic heterocycles. The van der Waals surface area contributed by atoms with Crippen LogP contribution in [0.3, 0.4) is 0 Å². The number of carbonyl (C=O) groups is 1. The molecule has 0 saturated heterocycles. The summed E-state index contributed by atoms with van der Waals surface area (Å²) in [6.45, 7) is 4.50. The van der Waals surface area contributed by atoms with Crippen LogP contribution in [0.4, 0.5) is 0 Å². The molecule has 6 rings (SSSR count). The number of nitrogens with zero attached hydrogens (tertiary/aromatic N) is 3. The minimum atomic E-state index is -0.669. The Labute approximate surface area is 240 Å². The van der Waals surface area contributed by atoms with E-state index < -0.39 is 12.0 Å². The van der Waals surface area contributed by atoms with E-state index in [1.807, 2.05) is 60.7 Å². The van der Waals surface area contributed by atoms with E-state index in [-0.39, 0.29) is 12.2 Å². The first-order chi connectivity index (χ1) is 20.0. The van der Waals surface area contributed by atoms with E-state index in [1.54, 1.807) is 25.5 Å². The molecule has 0 amide bonds. The van der Waals surface area contributed by atoms with Gasteiger partial charge in [-0.1, -0.05) is 72.0 Å². The van der Waals surface area contributed by atoms with Crippen LogP contribution >= 0.6 is 11.3 Å². The van der Waals surface area contributed by atoms with E-state index in [0.29, 0.717) is 26.4 Å². The van der Waals surface area contributed by atoms with Crippen LogP contribution in [0.25, 0.3) is 17.0 Å². The standard InChI is InChI=1S/C33H29N3O4S/c1-4-40-32(38)29-21(2)34-33-36(30(29)23-14-16-25(39-3)17-15-23)31(37)28(41-33)18-24-20-35(19-22-10-6-5-7-11-22)27-13-9-8-12-26(24)27/h5-18,20,30H,4,19H2,1-3H3/b28-18+. The molecule has 0 bridgehead atoms. The molecule has 41 heavy (non-hydrogen) atoms. The molecule has 0 radical (unpaired) electrons. The maximum absolute atomic E-state index is 14.1. The second kappa shape index (κ2) is 11.1. The Morgan fingerprint density at radius 2 is 1.76 bits per heavy atom. The molecule has 3 aromatic carbocycles. The van der Waals surface area contributed by atoms with Gasteiger partial charge in [-0.05, 0) is 49.2 Å². The Hall–Kier alpha value is -4.69. The van der Waals surface area contributed by atoms with Crippen molar-refractivity contribution in [3.63, 3.8) is 0 Å². The number of methoxy groups -OCH3 is 1. The normalized spacial score (nSPS) is 15.1. The van der Waals surface area contributed by atoms with Gasteiger partial charge in [0.15, 0.2) is 4.80 Å². The first-order valence-corrected chi connectivity index (χ1v) is 14.3. The molecule has 7 nitrogen and oxygen atoms in total. The number of allylic oxidation sites excluding steroid dienone is 1. The highest BCUT2D eigenvalue weighted by molar-refractivity contribution is 7.07. The van der Waals surface area contributed by atoms with Gasteiger partial charge in [-0.3, -0.25) is 9.36 Å². The summed E-state index contributed by atoms with van der Waals surface area (Å²) in [6, 6.07) is 25.2. The van der Waals surface area contributed by atoms with Gasteiger partial charge in [0.05, 0.1) is 35.6 Å². The van der Waals surface area contributed by atoms with E-state index in [2.05, 4.69) is 35.0 Å². The summed E-state index contributed by atoms with van der Waals surface area (Å²) >= 11 is 1.32. The van der Waals surface area contributed by atoms with Crippen molar-refractivity contribution in [3.8, 4) is 5.75 Å². The van der Waals surface area contributed by atoms with E-state index in [4.69, 9.17) is 14.5 Å². The van der Waals surface area contributed by atoms with Crippen molar-refractivity contribution in [3.05, 3.63) is 133 Å². The van der Waals surface area contributed by atoms with E-state index in [9.17, 15) is 9.59 Å². The van der Waals surface area contributed by atoms with Gasteiger partial charge in [0.25, 0.3) is 5.56 Å². The average Bonchev–Trinajstić information content (AvgIpc) is 3.49. The van der Waals surface area contributed by atoms with Crippen LogP contribution in [0.5, 0.6) is 5.75 Å². The molecule has 8 heteroatoms. The highest BCUT2D eigenvalue weighted by Gasteiger charge is 2.33. The fourth-order valence-electron chi connectivity index (χ4n) is 5.34. The lowest BCUT2D eigenvalue weighted by molar-refractivity contribution is -0.139. The zero-order valence-corrected chi connectivity index (χ0v) is 23.9. The lowest BCUT2D eigenvalue weighted by atomic mass is 9.96. The summed E-state index contributed by atoms with van der Waals surface area (Å²) in [7, 11) is 1.60. The Balaban J connectivity index is 1.51. The number of ether oxygens (including phenoxy) is 2. The van der Waals surface area contributed by atoms with Gasteiger partial charge in [0.2, 0.25) is 0 Å². The summed E-state index contributed by atoms with van der Waals surface area (Å²) < 4.78 is 15.1. The molecule has 1 unspecified atom stereocenters. The van der Waals surface area contributed by atoms with Crippen LogP contribution in [-0.4, -0.2) is 28.8 Å². The Morgan fingerprint density at radius 3 is 2.49 bits per heavy atom. The van der Waals surface area contributed by atoms with Gasteiger partial charge in [0.1, 0.15) is 5.75 Å². The molecule has 0 spiro atoms. The topological polar surface area (TPSA) is 74.8 Å². The Morgan fingerprint density at radius 1 is 1.02 bits per heavy atom. The number of thiazole rings is 1. The zero-order valence-electron chi connectivity index (χ0n) is 23.0. The molecule has 5 aromatic rings. The van der Waals surface area contributed by atoms with Gasteiger partial charge >= 0.3 is 5.97 Å². The number of carbonyl (C=O) groups excluding carboxylic acids is 1. The number of benzene rings is 3. The molecule has 1 aliphatic rings. The van der Waals surface area contributed by atoms with Crippen molar-refractivity contribution in [1.29, 1.82) is 0 Å². The van der Waals surface area contributed by atoms with Crippen LogP contribution in [0.2, 0.25) is 0 Å². The minimum absolute atomic E-state index is 0.205. The van der Waals surface area contributed by atoms with Crippen molar-refractivity contribution >= 4 is 34.3 Å². The third-order valence-electron chi connectivity index (χ3n) is 7.25. The number of esters is 1. The maximum Gasteiger partial charge on any atom is 0.338 e. The highest BCUT2D eigenvalue weighted by Crippen LogP contribution is 2.31. The van der Waals surface area contributed by atoms with Crippen LogP contribution in [0.15, 0.2) is 106 Å². The van der Waals surface area contributed by atoms with Crippen molar-refractivity contribution in [1.82, 2.24) is 9.13 Å². The van der Waals surface area contributed by atoms with Crippen LogP contribution in [0, 0.1) is 0 Å². The number of fused-ring (bicyclic) bond motifs is 2. The number of para-hydroxylation sites is 1. The summed E-state index contributed by atoms with van der Waals surface area (Å²) in [5.41, 5.74) is 4.70. The predicted octanol–water partition coefficient (Wildman–Crippen LogP) is 4.81. The monoisotopic (exact) mass is 563 g/mol. The van der Waals surface area contributed by atoms with Gasteiger partial charge in [-0.15, -0.1) is 0 Å². The fraction of sp³-hybridized carbons (Fsp3) is 0.182. The molecule has 0 saturated carbocycles. The lowest BCUT2D eigenvalue weighted by Crippen LogP contribution is -2.39. The molecule has 0 fully saturated rings. The largest absolute Gasteiger partial charge is 0.497 e. The zero-order chi connectivity index (χ0) is 28.5. The van der Waals surface area contributed by atoms with Crippen molar-refractivity contribution in [2.75, 3.05) is 13.7 Å². The first-order valence-electron chi connectivity index (χ1n) is 13.4. The lowest BCUT2D eigenvalue weighted by Gasteiger charge is -2.24. The van der Waals surface area contributed by atoms with Gasteiger partial charge in [0, 0.05) is 29.2 Å². The van der Waals surface area contributed by atoms with Crippen LogP contribution < -0.4 is 19.6 Å². The minimum Gasteiger partial charge on any atom is -0.497 e. The van der Waals surface area contributed by atoms with Gasteiger partial charge in [-0.2, -0.15) is 0 Å². The predicted molar refractivity (Wildman–Crippen MR) is 161 cm³/mol. The third-order valence-corrected chi connectivity index (χ3v) is 8.23. The highest BCUT2D eigenvalue weighted by atomic mass is 32.1. The summed E-state index contributed by atoms with van der Waals surface area (Å²) in [5, 5.41) is 1.06. The van der Waals surface area contributed by atoms with E-state index in [0.717, 1.165) is 28.6 Å². The maximum atomic E-state index is 14.1. The van der Waals surface area contributed by atoms with Crippen LogP contribution in [-0.2, 0) is 16.1 Å². The van der Waals surface area contributed by atoms with Crippen LogP contribution in [0.1, 0.15) is 36.6 Å². The number of aromatic nitrogens is 2. The summed E-state index contributed by atoms with van der Waals surface area (Å²) in [4.78, 5) is 32.5. The summed E-state index contributed by atoms with van der Waals surface area (Å²) in [5.74, 6) is 0.208. The average molecular weight is 564 g/mol. The molecule has 206 valence electrons. The number of rotatable bonds is 7. The van der Waals surface area contributed by atoms with E-state index >= 15 is 0 Å². The molecule has 1 atom stereocenters.